The van der Waals surface area contributed by atoms with Gasteiger partial charge in [0.1, 0.15) is 5.82 Å². The van der Waals surface area contributed by atoms with E-state index in [4.69, 9.17) is 11.6 Å². The predicted molar refractivity (Wildman–Crippen MR) is 100 cm³/mol. The Kier molecular flexibility index (Phi) is 3.91. The van der Waals surface area contributed by atoms with Gasteiger partial charge in [0.2, 0.25) is 0 Å². The van der Waals surface area contributed by atoms with Crippen LogP contribution in [-0.4, -0.2) is 15.0 Å². The summed E-state index contributed by atoms with van der Waals surface area (Å²) in [5, 5.41) is 4.70. The summed E-state index contributed by atoms with van der Waals surface area (Å²) >= 11 is 5.95. The van der Waals surface area contributed by atoms with Crippen LogP contribution in [0.4, 0.5) is 11.5 Å². The minimum absolute atomic E-state index is 0.405. The molecule has 122 valence electrons. The summed E-state index contributed by atoms with van der Waals surface area (Å²) in [6.07, 6.45) is 1.61. The van der Waals surface area contributed by atoms with Crippen LogP contribution in [0.1, 0.15) is 0 Å². The number of pyridine rings is 1. The minimum Gasteiger partial charge on any atom is -0.341 e. The Morgan fingerprint density at radius 1 is 0.960 bits per heavy atom. The fourth-order valence-corrected chi connectivity index (χ4v) is 2.77. The van der Waals surface area contributed by atoms with Gasteiger partial charge in [-0.2, -0.15) is 4.98 Å². The molecule has 2 aromatic carbocycles. The lowest BCUT2D eigenvalue weighted by Gasteiger charge is -2.10. The van der Waals surface area contributed by atoms with Crippen LogP contribution in [0, 0.1) is 0 Å². The molecule has 0 aliphatic rings. The molecule has 0 amide bonds. The SMILES string of the molecule is O=c1nc2ncccc2c(Nc2cccc(-c3ccc(Cl)cc3)c2)[nH]1. The highest BCUT2D eigenvalue weighted by atomic mass is 35.5. The number of rotatable bonds is 3. The maximum absolute atomic E-state index is 11.8. The Balaban J connectivity index is 1.74. The van der Waals surface area contributed by atoms with E-state index in [1.54, 1.807) is 12.3 Å². The van der Waals surface area contributed by atoms with Crippen LogP contribution in [0.2, 0.25) is 5.02 Å². The Morgan fingerprint density at radius 2 is 1.80 bits per heavy atom. The topological polar surface area (TPSA) is 70.7 Å². The van der Waals surface area contributed by atoms with Crippen LogP contribution in [0.25, 0.3) is 22.2 Å². The number of benzene rings is 2. The normalized spacial score (nSPS) is 10.8. The van der Waals surface area contributed by atoms with E-state index in [0.29, 0.717) is 16.5 Å². The lowest BCUT2D eigenvalue weighted by Crippen LogP contribution is -2.13. The fraction of sp³-hybridized carbons (Fsp3) is 0. The molecule has 4 rings (SSSR count). The van der Waals surface area contributed by atoms with Crippen LogP contribution < -0.4 is 11.0 Å². The van der Waals surface area contributed by atoms with Crippen molar-refractivity contribution in [2.45, 2.75) is 0 Å². The van der Waals surface area contributed by atoms with E-state index in [-0.39, 0.29) is 0 Å². The minimum atomic E-state index is -0.442. The summed E-state index contributed by atoms with van der Waals surface area (Å²) in [7, 11) is 0. The lowest BCUT2D eigenvalue weighted by atomic mass is 10.1. The largest absolute Gasteiger partial charge is 0.348 e. The average Bonchev–Trinajstić information content (AvgIpc) is 2.62. The molecule has 0 spiro atoms. The number of H-pyrrole nitrogens is 1. The molecule has 4 aromatic rings. The van der Waals surface area contributed by atoms with Gasteiger partial charge < -0.3 is 5.32 Å². The molecular weight excluding hydrogens is 336 g/mol. The highest BCUT2D eigenvalue weighted by molar-refractivity contribution is 6.30. The summed E-state index contributed by atoms with van der Waals surface area (Å²) < 4.78 is 0. The molecule has 2 aromatic heterocycles. The highest BCUT2D eigenvalue weighted by Gasteiger charge is 2.06. The van der Waals surface area contributed by atoms with E-state index < -0.39 is 5.69 Å². The number of nitrogens with one attached hydrogen (secondary N) is 2. The van der Waals surface area contributed by atoms with Crippen LogP contribution in [0.3, 0.4) is 0 Å². The van der Waals surface area contributed by atoms with Gasteiger partial charge in [-0.3, -0.25) is 4.98 Å². The van der Waals surface area contributed by atoms with Gasteiger partial charge in [0.25, 0.3) is 0 Å². The third-order valence-corrected chi connectivity index (χ3v) is 4.06. The number of anilines is 2. The monoisotopic (exact) mass is 348 g/mol. The zero-order valence-electron chi connectivity index (χ0n) is 13.0. The Labute approximate surface area is 148 Å². The lowest BCUT2D eigenvalue weighted by molar-refractivity contribution is 1.10. The van der Waals surface area contributed by atoms with Crippen LogP contribution in [0.15, 0.2) is 71.7 Å². The molecule has 0 saturated carbocycles. The maximum atomic E-state index is 11.8. The van der Waals surface area contributed by atoms with Gasteiger partial charge in [0, 0.05) is 16.9 Å². The van der Waals surface area contributed by atoms with Gasteiger partial charge in [0.15, 0.2) is 5.65 Å². The fourth-order valence-electron chi connectivity index (χ4n) is 2.64. The summed E-state index contributed by atoms with van der Waals surface area (Å²) in [5.74, 6) is 0.566. The molecule has 25 heavy (non-hydrogen) atoms. The van der Waals surface area contributed by atoms with Gasteiger partial charge in [-0.05, 0) is 47.5 Å². The molecule has 5 nitrogen and oxygen atoms in total. The molecule has 0 bridgehead atoms. The first-order valence-electron chi connectivity index (χ1n) is 7.67. The number of hydrogen-bond donors (Lipinski definition) is 2. The Morgan fingerprint density at radius 3 is 2.64 bits per heavy atom. The maximum Gasteiger partial charge on any atom is 0.348 e. The van der Waals surface area contributed by atoms with Gasteiger partial charge >= 0.3 is 5.69 Å². The molecule has 0 aliphatic heterocycles. The molecule has 2 heterocycles. The van der Waals surface area contributed by atoms with Crippen molar-refractivity contribution in [2.75, 3.05) is 5.32 Å². The number of hydrogen-bond acceptors (Lipinski definition) is 4. The average molecular weight is 349 g/mol. The van der Waals surface area contributed by atoms with E-state index in [1.165, 1.54) is 0 Å². The van der Waals surface area contributed by atoms with Crippen molar-refractivity contribution in [3.8, 4) is 11.1 Å². The highest BCUT2D eigenvalue weighted by Crippen LogP contribution is 2.26. The van der Waals surface area contributed by atoms with Crippen molar-refractivity contribution in [1.82, 2.24) is 15.0 Å². The number of halogens is 1. The van der Waals surface area contributed by atoms with Crippen molar-refractivity contribution in [3.05, 3.63) is 82.4 Å². The van der Waals surface area contributed by atoms with Crippen LogP contribution in [-0.2, 0) is 0 Å². The molecule has 0 aliphatic carbocycles. The first kappa shape index (κ1) is 15.4. The first-order valence-corrected chi connectivity index (χ1v) is 8.05. The quantitative estimate of drug-likeness (QED) is 0.576. The van der Waals surface area contributed by atoms with Crippen molar-refractivity contribution < 1.29 is 0 Å². The Bertz CT molecular complexity index is 1110. The van der Waals surface area contributed by atoms with Gasteiger partial charge in [-0.1, -0.05) is 35.9 Å². The number of aromatic nitrogens is 3. The van der Waals surface area contributed by atoms with E-state index in [0.717, 1.165) is 22.2 Å². The van der Waals surface area contributed by atoms with E-state index in [1.807, 2.05) is 54.6 Å². The zero-order chi connectivity index (χ0) is 17.2. The summed E-state index contributed by atoms with van der Waals surface area (Å²) in [6.45, 7) is 0. The smallest absolute Gasteiger partial charge is 0.341 e. The molecule has 6 heteroatoms. The van der Waals surface area contributed by atoms with E-state index >= 15 is 0 Å². The standard InChI is InChI=1S/C19H13ClN4O/c20-14-8-6-12(7-9-14)13-3-1-4-15(11-13)22-18-16-5-2-10-21-17(16)23-19(25)24-18/h1-11H,(H2,21,22,23,24,25). The number of fused-ring (bicyclic) bond motifs is 1. The van der Waals surface area contributed by atoms with Crippen molar-refractivity contribution in [2.24, 2.45) is 0 Å². The first-order chi connectivity index (χ1) is 12.2. The summed E-state index contributed by atoms with van der Waals surface area (Å²) in [4.78, 5) is 22.5. The molecular formula is C19H13ClN4O. The van der Waals surface area contributed by atoms with Crippen LogP contribution in [0.5, 0.6) is 0 Å². The van der Waals surface area contributed by atoms with Crippen molar-refractivity contribution in [3.63, 3.8) is 0 Å². The number of aromatic amines is 1. The van der Waals surface area contributed by atoms with Crippen LogP contribution >= 0.6 is 11.6 Å². The van der Waals surface area contributed by atoms with Gasteiger partial charge in [-0.25, -0.2) is 9.78 Å². The molecule has 0 saturated heterocycles. The predicted octanol–water partition coefficient (Wildman–Crippen LogP) is 4.38. The van der Waals surface area contributed by atoms with E-state index in [2.05, 4.69) is 20.3 Å². The van der Waals surface area contributed by atoms with Crippen molar-refractivity contribution in [1.29, 1.82) is 0 Å². The van der Waals surface area contributed by atoms with Gasteiger partial charge in [-0.15, -0.1) is 0 Å². The molecule has 0 radical (unpaired) electrons. The molecule has 0 fully saturated rings. The zero-order valence-corrected chi connectivity index (χ0v) is 13.8. The summed E-state index contributed by atoms with van der Waals surface area (Å²) in [6, 6.07) is 19.2. The molecule has 0 unspecified atom stereocenters. The molecule has 0 atom stereocenters. The van der Waals surface area contributed by atoms with Gasteiger partial charge in [0.05, 0.1) is 5.39 Å². The Hall–Kier alpha value is -3.18. The second kappa shape index (κ2) is 6.37. The van der Waals surface area contributed by atoms with E-state index in [9.17, 15) is 4.79 Å². The third-order valence-electron chi connectivity index (χ3n) is 3.80. The summed E-state index contributed by atoms with van der Waals surface area (Å²) in [5.41, 5.74) is 2.91. The second-order valence-electron chi connectivity index (χ2n) is 5.50. The third kappa shape index (κ3) is 3.22. The number of nitrogens with zero attached hydrogens (tertiary/aromatic N) is 2. The molecule has 2 N–H and O–H groups in total. The van der Waals surface area contributed by atoms with Crippen molar-refractivity contribution >= 4 is 34.1 Å². The second-order valence-corrected chi connectivity index (χ2v) is 5.94.